The molecule has 1 aliphatic heterocycles. The Labute approximate surface area is 123 Å². The molecular weight excluding hydrogens is 272 g/mol. The van der Waals surface area contributed by atoms with E-state index in [1.165, 1.54) is 4.90 Å². The van der Waals surface area contributed by atoms with Crippen molar-refractivity contribution in [3.63, 3.8) is 0 Å². The van der Waals surface area contributed by atoms with E-state index in [1.54, 1.807) is 11.0 Å². The molecule has 0 spiro atoms. The van der Waals surface area contributed by atoms with E-state index in [4.69, 9.17) is 5.84 Å². The third-order valence-electron chi connectivity index (χ3n) is 3.35. The molecule has 2 amide bonds. The zero-order valence-electron chi connectivity index (χ0n) is 12.5. The van der Waals surface area contributed by atoms with E-state index < -0.39 is 11.8 Å². The number of nitrogens with zero attached hydrogens (tertiary/aromatic N) is 4. The number of amides is 2. The van der Waals surface area contributed by atoms with Crippen molar-refractivity contribution in [2.45, 2.75) is 33.4 Å². The first-order valence-electron chi connectivity index (χ1n) is 6.83. The topological polar surface area (TPSA) is 104 Å². The number of nitrogens with two attached hydrogens (primary N) is 1. The molecule has 0 radical (unpaired) electrons. The Bertz CT molecular complexity index is 560. The molecule has 0 bridgehead atoms. The minimum atomic E-state index is -0.512. The van der Waals surface area contributed by atoms with E-state index in [1.807, 2.05) is 20.8 Å². The van der Waals surface area contributed by atoms with E-state index in [2.05, 4.69) is 15.4 Å². The Hall–Kier alpha value is -2.22. The number of nitrogens with one attached hydrogen (secondary N) is 1. The molecule has 0 saturated carbocycles. The van der Waals surface area contributed by atoms with Crippen LogP contribution in [0.15, 0.2) is 6.07 Å². The van der Waals surface area contributed by atoms with Gasteiger partial charge in [-0.1, -0.05) is 0 Å². The monoisotopic (exact) mass is 292 g/mol. The van der Waals surface area contributed by atoms with Crippen LogP contribution in [0.2, 0.25) is 0 Å². The van der Waals surface area contributed by atoms with E-state index in [0.717, 1.165) is 5.69 Å². The summed E-state index contributed by atoms with van der Waals surface area (Å²) in [6.45, 7) is 6.80. The summed E-state index contributed by atoms with van der Waals surface area (Å²) in [5.41, 5.74) is 3.20. The van der Waals surface area contributed by atoms with E-state index >= 15 is 0 Å². The van der Waals surface area contributed by atoms with Crippen LogP contribution in [0, 0.1) is 6.92 Å². The van der Waals surface area contributed by atoms with Crippen LogP contribution in [-0.2, 0) is 16.1 Å². The number of nitrogen functional groups attached to an aromatic ring is 1. The van der Waals surface area contributed by atoms with Crippen LogP contribution in [-0.4, -0.2) is 50.7 Å². The average molecular weight is 292 g/mol. The third kappa shape index (κ3) is 3.27. The van der Waals surface area contributed by atoms with Crippen molar-refractivity contribution in [1.29, 1.82) is 0 Å². The minimum Gasteiger partial charge on any atom is -0.330 e. The van der Waals surface area contributed by atoms with Crippen LogP contribution in [0.1, 0.15) is 25.4 Å². The fourth-order valence-corrected chi connectivity index (χ4v) is 2.28. The van der Waals surface area contributed by atoms with E-state index in [0.29, 0.717) is 24.7 Å². The Balaban J connectivity index is 2.12. The van der Waals surface area contributed by atoms with Crippen LogP contribution in [0.25, 0.3) is 0 Å². The fraction of sp³-hybridized carbons (Fsp3) is 0.538. The first kappa shape index (κ1) is 15.2. The molecule has 0 aliphatic carbocycles. The lowest BCUT2D eigenvalue weighted by Crippen LogP contribution is -2.56. The number of anilines is 1. The number of hydrogen-bond donors (Lipinski definition) is 2. The molecule has 3 N–H and O–H groups in total. The number of rotatable bonds is 4. The van der Waals surface area contributed by atoms with Gasteiger partial charge in [-0.15, -0.1) is 0 Å². The van der Waals surface area contributed by atoms with Crippen molar-refractivity contribution >= 4 is 17.6 Å². The zero-order valence-corrected chi connectivity index (χ0v) is 12.5. The summed E-state index contributed by atoms with van der Waals surface area (Å²) >= 11 is 0. The Kier molecular flexibility index (Phi) is 4.37. The van der Waals surface area contributed by atoms with Gasteiger partial charge < -0.3 is 15.2 Å². The first-order valence-corrected chi connectivity index (χ1v) is 6.83. The number of hydrogen-bond acceptors (Lipinski definition) is 6. The number of hydrazine groups is 1. The molecular formula is C13H20N6O2. The predicted molar refractivity (Wildman–Crippen MR) is 76.8 cm³/mol. The maximum atomic E-state index is 12.1. The molecule has 1 aromatic rings. The molecule has 8 nitrogen and oxygen atoms in total. The van der Waals surface area contributed by atoms with Gasteiger partial charge in [0, 0.05) is 30.9 Å². The molecule has 0 atom stereocenters. The van der Waals surface area contributed by atoms with Crippen LogP contribution < -0.4 is 11.3 Å². The van der Waals surface area contributed by atoms with E-state index in [9.17, 15) is 9.59 Å². The lowest BCUT2D eigenvalue weighted by atomic mass is 10.2. The number of carbonyl (C=O) groups excluding carboxylic acids is 2. The summed E-state index contributed by atoms with van der Waals surface area (Å²) in [6, 6.07) is 1.72. The second kappa shape index (κ2) is 6.04. The highest BCUT2D eigenvalue weighted by Gasteiger charge is 2.34. The summed E-state index contributed by atoms with van der Waals surface area (Å²) in [4.78, 5) is 35.6. The zero-order chi connectivity index (χ0) is 15.6. The van der Waals surface area contributed by atoms with Gasteiger partial charge in [0.05, 0.1) is 6.54 Å². The molecule has 1 saturated heterocycles. The van der Waals surface area contributed by atoms with Gasteiger partial charge in [0.2, 0.25) is 0 Å². The van der Waals surface area contributed by atoms with Crippen LogP contribution >= 0.6 is 0 Å². The molecule has 2 rings (SSSR count). The van der Waals surface area contributed by atoms with E-state index in [-0.39, 0.29) is 12.6 Å². The smallest absolute Gasteiger partial charge is 0.312 e. The summed E-state index contributed by atoms with van der Waals surface area (Å²) in [6.07, 6.45) is 0. The molecule has 1 aromatic heterocycles. The highest BCUT2D eigenvalue weighted by Crippen LogP contribution is 2.12. The summed E-state index contributed by atoms with van der Waals surface area (Å²) in [7, 11) is 0. The maximum Gasteiger partial charge on any atom is 0.312 e. The van der Waals surface area contributed by atoms with Crippen molar-refractivity contribution in [3.8, 4) is 0 Å². The van der Waals surface area contributed by atoms with Crippen molar-refractivity contribution in [2.24, 2.45) is 5.84 Å². The van der Waals surface area contributed by atoms with Gasteiger partial charge in [-0.3, -0.25) is 9.59 Å². The largest absolute Gasteiger partial charge is 0.330 e. The van der Waals surface area contributed by atoms with Crippen molar-refractivity contribution in [1.82, 2.24) is 19.8 Å². The molecule has 8 heteroatoms. The molecule has 114 valence electrons. The average Bonchev–Trinajstić information content (AvgIpc) is 2.43. The maximum absolute atomic E-state index is 12.1. The van der Waals surface area contributed by atoms with Gasteiger partial charge in [-0.25, -0.2) is 15.8 Å². The Morgan fingerprint density at radius 1 is 1.29 bits per heavy atom. The van der Waals surface area contributed by atoms with Crippen LogP contribution in [0.3, 0.4) is 0 Å². The van der Waals surface area contributed by atoms with Crippen LogP contribution in [0.5, 0.6) is 0 Å². The molecule has 0 aromatic carbocycles. The summed E-state index contributed by atoms with van der Waals surface area (Å²) < 4.78 is 0. The number of piperazine rings is 1. The van der Waals surface area contributed by atoms with Crippen molar-refractivity contribution in [3.05, 3.63) is 17.6 Å². The highest BCUT2D eigenvalue weighted by atomic mass is 16.2. The SMILES string of the molecule is Cc1cc(NN)nc(CN2CCN(C(C)C)C(=O)C2=O)n1. The van der Waals surface area contributed by atoms with Crippen molar-refractivity contribution in [2.75, 3.05) is 18.5 Å². The van der Waals surface area contributed by atoms with Gasteiger partial charge in [0.15, 0.2) is 0 Å². The normalized spacial score (nSPS) is 15.9. The number of aryl methyl sites for hydroxylation is 1. The number of aromatic nitrogens is 2. The summed E-state index contributed by atoms with van der Waals surface area (Å²) in [5, 5.41) is 0. The predicted octanol–water partition coefficient (Wildman–Crippen LogP) is -0.350. The molecule has 0 unspecified atom stereocenters. The van der Waals surface area contributed by atoms with Gasteiger partial charge >= 0.3 is 11.8 Å². The second-order valence-electron chi connectivity index (χ2n) is 5.27. The Morgan fingerprint density at radius 3 is 2.62 bits per heavy atom. The molecule has 1 aliphatic rings. The quantitative estimate of drug-likeness (QED) is 0.446. The van der Waals surface area contributed by atoms with Gasteiger partial charge in [-0.05, 0) is 20.8 Å². The fourth-order valence-electron chi connectivity index (χ4n) is 2.28. The summed E-state index contributed by atoms with van der Waals surface area (Å²) in [5.74, 6) is 5.30. The minimum absolute atomic E-state index is 0.0202. The second-order valence-corrected chi connectivity index (χ2v) is 5.27. The van der Waals surface area contributed by atoms with Gasteiger partial charge in [-0.2, -0.15) is 0 Å². The molecule has 1 fully saturated rings. The first-order chi connectivity index (χ1) is 9.92. The molecule has 21 heavy (non-hydrogen) atoms. The highest BCUT2D eigenvalue weighted by molar-refractivity contribution is 6.35. The molecule has 2 heterocycles. The third-order valence-corrected chi connectivity index (χ3v) is 3.35. The van der Waals surface area contributed by atoms with Crippen LogP contribution in [0.4, 0.5) is 5.82 Å². The number of carbonyl (C=O) groups is 2. The van der Waals surface area contributed by atoms with Gasteiger partial charge in [0.1, 0.15) is 11.6 Å². The lowest BCUT2D eigenvalue weighted by Gasteiger charge is -2.35. The Morgan fingerprint density at radius 2 is 2.00 bits per heavy atom. The van der Waals surface area contributed by atoms with Crippen molar-refractivity contribution < 1.29 is 9.59 Å². The van der Waals surface area contributed by atoms with Gasteiger partial charge in [0.25, 0.3) is 0 Å². The lowest BCUT2D eigenvalue weighted by molar-refractivity contribution is -0.157. The standard InChI is InChI=1S/C13H20N6O2/c1-8(2)19-5-4-18(12(20)13(19)21)7-11-15-9(3)6-10(16-11)17-14/h6,8H,4-5,7,14H2,1-3H3,(H,15,16,17).